The van der Waals surface area contributed by atoms with Gasteiger partial charge in [0.05, 0.1) is 0 Å². The van der Waals surface area contributed by atoms with E-state index in [4.69, 9.17) is 0 Å². The van der Waals surface area contributed by atoms with E-state index in [1.54, 1.807) is 0 Å². The van der Waals surface area contributed by atoms with Crippen LogP contribution in [0.2, 0.25) is 0 Å². The molecule has 1 fully saturated rings. The minimum atomic E-state index is 0.358. The molecule has 1 aliphatic heterocycles. The van der Waals surface area contributed by atoms with E-state index in [9.17, 15) is 0 Å². The van der Waals surface area contributed by atoms with Crippen LogP contribution in [0.25, 0.3) is 0 Å². The van der Waals surface area contributed by atoms with Crippen molar-refractivity contribution >= 4 is 11.8 Å². The van der Waals surface area contributed by atoms with Gasteiger partial charge in [0.1, 0.15) is 0 Å². The Morgan fingerprint density at radius 3 is 2.18 bits per heavy atom. The highest BCUT2D eigenvalue weighted by molar-refractivity contribution is 8.00. The summed E-state index contributed by atoms with van der Waals surface area (Å²) < 4.78 is 0. The Bertz CT molecular complexity index is 215. The molecule has 1 N–H and O–H groups in total. The first-order valence-corrected chi connectivity index (χ1v) is 7.82. The quantitative estimate of drug-likeness (QED) is 0.835. The van der Waals surface area contributed by atoms with Crippen molar-refractivity contribution in [3.05, 3.63) is 0 Å². The molecule has 0 bridgehead atoms. The Morgan fingerprint density at radius 2 is 1.76 bits per heavy atom. The maximum Gasteiger partial charge on any atom is 0.0149 e. The van der Waals surface area contributed by atoms with Crippen LogP contribution >= 0.6 is 11.8 Å². The van der Waals surface area contributed by atoms with E-state index < -0.39 is 0 Å². The highest BCUT2D eigenvalue weighted by atomic mass is 32.2. The molecule has 102 valence electrons. The number of rotatable bonds is 4. The molecule has 0 radical (unpaired) electrons. The third-order valence-corrected chi connectivity index (χ3v) is 4.85. The molecular formula is C14H30N2S. The smallest absolute Gasteiger partial charge is 0.0149 e. The molecule has 0 aromatic rings. The predicted molar refractivity (Wildman–Crippen MR) is 79.9 cm³/mol. The van der Waals surface area contributed by atoms with E-state index >= 15 is 0 Å². The van der Waals surface area contributed by atoms with Crippen molar-refractivity contribution in [3.63, 3.8) is 0 Å². The van der Waals surface area contributed by atoms with Crippen LogP contribution in [0.3, 0.4) is 0 Å². The minimum absolute atomic E-state index is 0.358. The van der Waals surface area contributed by atoms with Crippen molar-refractivity contribution in [1.82, 2.24) is 10.2 Å². The first-order chi connectivity index (χ1) is 7.82. The summed E-state index contributed by atoms with van der Waals surface area (Å²) in [4.78, 5) is 2.64. The number of nitrogens with zero attached hydrogens (tertiary/aromatic N) is 1. The summed E-state index contributed by atoms with van der Waals surface area (Å²) in [5.41, 5.74) is 0.358. The zero-order valence-electron chi connectivity index (χ0n) is 12.4. The molecule has 0 saturated carbocycles. The maximum absolute atomic E-state index is 3.47. The van der Waals surface area contributed by atoms with E-state index in [1.165, 1.54) is 26.1 Å². The normalized spacial score (nSPS) is 29.3. The number of thioether (sulfide) groups is 1. The van der Waals surface area contributed by atoms with Crippen LogP contribution in [0.1, 0.15) is 41.0 Å². The molecule has 3 heteroatoms. The lowest BCUT2D eigenvalue weighted by molar-refractivity contribution is 0.209. The van der Waals surface area contributed by atoms with Crippen LogP contribution in [-0.2, 0) is 0 Å². The summed E-state index contributed by atoms with van der Waals surface area (Å²) in [6, 6.07) is 0.614. The largest absolute Gasteiger partial charge is 0.316 e. The molecule has 1 rings (SSSR count). The molecule has 0 amide bonds. The van der Waals surface area contributed by atoms with Gasteiger partial charge in [0.25, 0.3) is 0 Å². The molecule has 17 heavy (non-hydrogen) atoms. The molecule has 3 unspecified atom stereocenters. The predicted octanol–water partition coefficient (Wildman–Crippen LogP) is 2.84. The van der Waals surface area contributed by atoms with E-state index in [0.29, 0.717) is 11.5 Å². The molecule has 1 saturated heterocycles. The van der Waals surface area contributed by atoms with Gasteiger partial charge in [0.15, 0.2) is 0 Å². The fourth-order valence-electron chi connectivity index (χ4n) is 2.79. The first kappa shape index (κ1) is 15.3. The number of nitrogens with one attached hydrogen (secondary N) is 1. The second-order valence-corrected chi connectivity index (χ2v) is 8.39. The topological polar surface area (TPSA) is 15.3 Å². The molecule has 0 aliphatic carbocycles. The van der Waals surface area contributed by atoms with Gasteiger partial charge in [-0.05, 0) is 25.4 Å². The molecule has 2 nitrogen and oxygen atoms in total. The molecule has 0 aromatic carbocycles. The van der Waals surface area contributed by atoms with Crippen LogP contribution < -0.4 is 5.32 Å². The lowest BCUT2D eigenvalue weighted by atomic mass is 9.85. The second-order valence-electron chi connectivity index (χ2n) is 6.51. The molecular weight excluding hydrogens is 228 g/mol. The van der Waals surface area contributed by atoms with Crippen LogP contribution in [0, 0.1) is 5.41 Å². The molecule has 3 atom stereocenters. The zero-order chi connectivity index (χ0) is 13.1. The monoisotopic (exact) mass is 258 g/mol. The van der Waals surface area contributed by atoms with Gasteiger partial charge in [0.2, 0.25) is 0 Å². The van der Waals surface area contributed by atoms with Crippen LogP contribution in [0.5, 0.6) is 0 Å². The second kappa shape index (κ2) is 6.44. The van der Waals surface area contributed by atoms with Crippen LogP contribution in [-0.4, -0.2) is 48.1 Å². The average Bonchev–Trinajstić information content (AvgIpc) is 2.14. The average molecular weight is 258 g/mol. The van der Waals surface area contributed by atoms with Gasteiger partial charge in [-0.2, -0.15) is 11.8 Å². The van der Waals surface area contributed by atoms with Crippen LogP contribution in [0.4, 0.5) is 0 Å². The van der Waals surface area contributed by atoms with Crippen molar-refractivity contribution in [2.75, 3.05) is 26.7 Å². The van der Waals surface area contributed by atoms with Gasteiger partial charge in [0, 0.05) is 29.6 Å². The van der Waals surface area contributed by atoms with Crippen molar-refractivity contribution in [3.8, 4) is 0 Å². The summed E-state index contributed by atoms with van der Waals surface area (Å²) in [5, 5.41) is 5.06. The number of hydrogen-bond acceptors (Lipinski definition) is 3. The van der Waals surface area contributed by atoms with E-state index in [1.807, 2.05) is 0 Å². The van der Waals surface area contributed by atoms with E-state index in [-0.39, 0.29) is 0 Å². The molecule has 1 heterocycles. The molecule has 0 spiro atoms. The fraction of sp³-hybridized carbons (Fsp3) is 1.00. The highest BCUT2D eigenvalue weighted by Crippen LogP contribution is 2.26. The van der Waals surface area contributed by atoms with Crippen LogP contribution in [0.15, 0.2) is 0 Å². The standard InChI is InChI=1S/C14H30N2S/c1-11-9-16(10-12(2)17-11)8-7-13(15-6)14(3,4)5/h11-13,15H,7-10H2,1-6H3. The number of hydrogen-bond donors (Lipinski definition) is 1. The lowest BCUT2D eigenvalue weighted by Crippen LogP contribution is -2.45. The maximum atomic E-state index is 3.47. The van der Waals surface area contributed by atoms with Crippen molar-refractivity contribution < 1.29 is 0 Å². The third-order valence-electron chi connectivity index (χ3n) is 3.62. The Labute approximate surface area is 112 Å². The minimum Gasteiger partial charge on any atom is -0.316 e. The Hall–Kier alpha value is 0.270. The highest BCUT2D eigenvalue weighted by Gasteiger charge is 2.26. The van der Waals surface area contributed by atoms with Gasteiger partial charge in [-0.15, -0.1) is 0 Å². The molecule has 1 aliphatic rings. The lowest BCUT2D eigenvalue weighted by Gasteiger charge is -2.37. The van der Waals surface area contributed by atoms with Gasteiger partial charge in [-0.25, -0.2) is 0 Å². The van der Waals surface area contributed by atoms with Gasteiger partial charge in [-0.1, -0.05) is 34.6 Å². The van der Waals surface area contributed by atoms with E-state index in [2.05, 4.69) is 63.6 Å². The summed E-state index contributed by atoms with van der Waals surface area (Å²) in [7, 11) is 2.09. The third kappa shape index (κ3) is 5.19. The Balaban J connectivity index is 2.39. The zero-order valence-corrected chi connectivity index (χ0v) is 13.2. The van der Waals surface area contributed by atoms with Crippen molar-refractivity contribution in [1.29, 1.82) is 0 Å². The summed E-state index contributed by atoms with van der Waals surface area (Å²) in [6.07, 6.45) is 1.25. The summed E-state index contributed by atoms with van der Waals surface area (Å²) in [5.74, 6) is 0. The SMILES string of the molecule is CNC(CCN1CC(C)SC(C)C1)C(C)(C)C. The molecule has 0 aromatic heterocycles. The van der Waals surface area contributed by atoms with E-state index in [0.717, 1.165) is 10.5 Å². The van der Waals surface area contributed by atoms with Crippen molar-refractivity contribution in [2.24, 2.45) is 5.41 Å². The van der Waals surface area contributed by atoms with Gasteiger partial charge < -0.3 is 10.2 Å². The first-order valence-electron chi connectivity index (χ1n) is 6.88. The Kier molecular flexibility index (Phi) is 5.81. The van der Waals surface area contributed by atoms with Crippen molar-refractivity contribution in [2.45, 2.75) is 57.6 Å². The Morgan fingerprint density at radius 1 is 1.24 bits per heavy atom. The summed E-state index contributed by atoms with van der Waals surface area (Å²) in [6.45, 7) is 15.4. The van der Waals surface area contributed by atoms with Gasteiger partial charge >= 0.3 is 0 Å². The fourth-order valence-corrected chi connectivity index (χ4v) is 4.18. The van der Waals surface area contributed by atoms with Gasteiger partial charge in [-0.3, -0.25) is 0 Å². The summed E-state index contributed by atoms with van der Waals surface area (Å²) >= 11 is 2.13.